The lowest BCUT2D eigenvalue weighted by atomic mass is 10.2. The van der Waals surface area contributed by atoms with Crippen LogP contribution in [0.5, 0.6) is 5.75 Å². The van der Waals surface area contributed by atoms with Crippen LogP contribution >= 0.6 is 11.6 Å². The highest BCUT2D eigenvalue weighted by Gasteiger charge is 2.13. The summed E-state index contributed by atoms with van der Waals surface area (Å²) in [7, 11) is -1.79. The van der Waals surface area contributed by atoms with Crippen LogP contribution in [0.15, 0.2) is 12.1 Å². The van der Waals surface area contributed by atoms with Gasteiger partial charge in [-0.3, -0.25) is 4.72 Å². The molecular formula is C12H18ClNO3S. The summed E-state index contributed by atoms with van der Waals surface area (Å²) in [5.74, 6) is 0.651. The smallest absolute Gasteiger partial charge is 0.232 e. The van der Waals surface area contributed by atoms with Crippen molar-refractivity contribution < 1.29 is 13.2 Å². The summed E-state index contributed by atoms with van der Waals surface area (Å²) >= 11 is 5.97. The van der Waals surface area contributed by atoms with Crippen LogP contribution in [0, 0.1) is 6.92 Å². The number of hydrogen-bond donors (Lipinski definition) is 1. The highest BCUT2D eigenvalue weighted by Crippen LogP contribution is 2.31. The molecule has 0 amide bonds. The molecule has 0 saturated heterocycles. The van der Waals surface area contributed by atoms with E-state index >= 15 is 0 Å². The fourth-order valence-corrected chi connectivity index (χ4v) is 3.04. The number of halogens is 1. The van der Waals surface area contributed by atoms with Gasteiger partial charge in [0.1, 0.15) is 5.75 Å². The summed E-state index contributed by atoms with van der Waals surface area (Å²) in [5, 5.41) is 0.385. The second-order valence-corrected chi connectivity index (χ2v) is 6.33. The molecule has 0 spiro atoms. The zero-order chi connectivity index (χ0) is 13.8. The van der Waals surface area contributed by atoms with Crippen molar-refractivity contribution >= 4 is 27.3 Å². The monoisotopic (exact) mass is 291 g/mol. The van der Waals surface area contributed by atoms with Gasteiger partial charge in [-0.2, -0.15) is 0 Å². The van der Waals surface area contributed by atoms with Gasteiger partial charge in [-0.1, -0.05) is 24.9 Å². The molecular weight excluding hydrogens is 274 g/mol. The van der Waals surface area contributed by atoms with E-state index in [0.717, 1.165) is 12.0 Å². The summed E-state index contributed by atoms with van der Waals surface area (Å²) in [6, 6.07) is 3.28. The third kappa shape index (κ3) is 4.07. The summed E-state index contributed by atoms with van der Waals surface area (Å²) < 4.78 is 31.2. The van der Waals surface area contributed by atoms with Crippen molar-refractivity contribution in [2.24, 2.45) is 0 Å². The number of rotatable bonds is 6. The van der Waals surface area contributed by atoms with Crippen LogP contribution < -0.4 is 9.46 Å². The Bertz CT molecular complexity index is 514. The molecule has 0 saturated carbocycles. The number of nitrogens with one attached hydrogen (secondary N) is 1. The van der Waals surface area contributed by atoms with Crippen LogP contribution in [0.1, 0.15) is 25.3 Å². The molecule has 0 unspecified atom stereocenters. The summed E-state index contributed by atoms with van der Waals surface area (Å²) in [5.41, 5.74) is 1.27. The highest BCUT2D eigenvalue weighted by molar-refractivity contribution is 7.92. The minimum absolute atomic E-state index is 0.118. The molecule has 1 aromatic rings. The molecule has 0 fully saturated rings. The van der Waals surface area contributed by atoms with Crippen molar-refractivity contribution in [3.8, 4) is 5.75 Å². The molecule has 0 aliphatic heterocycles. The number of methoxy groups -OCH3 is 1. The third-order valence-corrected chi connectivity index (χ3v) is 4.18. The largest absolute Gasteiger partial charge is 0.495 e. The zero-order valence-electron chi connectivity index (χ0n) is 10.8. The Morgan fingerprint density at radius 1 is 1.39 bits per heavy atom. The molecule has 0 aliphatic carbocycles. The maximum Gasteiger partial charge on any atom is 0.232 e. The first-order chi connectivity index (χ1) is 8.39. The second-order valence-electron chi connectivity index (χ2n) is 4.08. The van der Waals surface area contributed by atoms with Crippen LogP contribution in [-0.2, 0) is 10.0 Å². The lowest BCUT2D eigenvalue weighted by Gasteiger charge is -2.12. The van der Waals surface area contributed by atoms with Gasteiger partial charge in [0.15, 0.2) is 0 Å². The van der Waals surface area contributed by atoms with E-state index in [1.54, 1.807) is 19.1 Å². The number of aryl methyl sites for hydroxylation is 1. The molecule has 4 nitrogen and oxygen atoms in total. The predicted octanol–water partition coefficient (Wildman–Crippen LogP) is 3.20. The number of unbranched alkanes of at least 4 members (excludes halogenated alkanes) is 1. The standard InChI is InChI=1S/C12H18ClNO3S/c1-4-5-6-18(15,16)14-11-8-10(13)12(17-3)7-9(11)2/h7-8,14H,4-6H2,1-3H3. The summed E-state index contributed by atoms with van der Waals surface area (Å²) in [6.45, 7) is 3.75. The highest BCUT2D eigenvalue weighted by atomic mass is 35.5. The topological polar surface area (TPSA) is 55.4 Å². The molecule has 102 valence electrons. The van der Waals surface area contributed by atoms with Crippen molar-refractivity contribution in [1.29, 1.82) is 0 Å². The van der Waals surface area contributed by atoms with Crippen molar-refractivity contribution in [3.63, 3.8) is 0 Å². The summed E-state index contributed by atoms with van der Waals surface area (Å²) in [4.78, 5) is 0. The molecule has 0 aliphatic rings. The van der Waals surface area contributed by atoms with E-state index in [1.807, 2.05) is 6.92 Å². The molecule has 6 heteroatoms. The van der Waals surface area contributed by atoms with Gasteiger partial charge in [-0.05, 0) is 31.0 Å². The normalized spacial score (nSPS) is 11.3. The van der Waals surface area contributed by atoms with Gasteiger partial charge in [0, 0.05) is 0 Å². The average molecular weight is 292 g/mol. The quantitative estimate of drug-likeness (QED) is 0.875. The van der Waals surface area contributed by atoms with Crippen LogP contribution in [0.3, 0.4) is 0 Å². The molecule has 0 radical (unpaired) electrons. The van der Waals surface area contributed by atoms with Crippen LogP contribution in [0.25, 0.3) is 0 Å². The van der Waals surface area contributed by atoms with E-state index < -0.39 is 10.0 Å². The molecule has 0 bridgehead atoms. The van der Waals surface area contributed by atoms with Crippen LogP contribution in [0.2, 0.25) is 5.02 Å². The van der Waals surface area contributed by atoms with Gasteiger partial charge < -0.3 is 4.74 Å². The van der Waals surface area contributed by atoms with Crippen LogP contribution in [-0.4, -0.2) is 21.3 Å². The number of ether oxygens (including phenoxy) is 1. The van der Waals surface area contributed by atoms with E-state index in [1.165, 1.54) is 7.11 Å². The zero-order valence-corrected chi connectivity index (χ0v) is 12.4. The number of benzene rings is 1. The predicted molar refractivity (Wildman–Crippen MR) is 75.1 cm³/mol. The molecule has 0 aromatic heterocycles. The van der Waals surface area contributed by atoms with Gasteiger partial charge >= 0.3 is 0 Å². The Labute approximate surface area is 113 Å². The van der Waals surface area contributed by atoms with Gasteiger partial charge in [-0.25, -0.2) is 8.42 Å². The van der Waals surface area contributed by atoms with Crippen molar-refractivity contribution in [2.75, 3.05) is 17.6 Å². The molecule has 1 aromatic carbocycles. The Balaban J connectivity index is 2.95. The van der Waals surface area contributed by atoms with E-state index in [9.17, 15) is 8.42 Å². The third-order valence-electron chi connectivity index (χ3n) is 2.53. The van der Waals surface area contributed by atoms with Crippen molar-refractivity contribution in [1.82, 2.24) is 0 Å². The Morgan fingerprint density at radius 2 is 2.06 bits per heavy atom. The minimum atomic E-state index is -3.31. The lowest BCUT2D eigenvalue weighted by molar-refractivity contribution is 0.415. The Kier molecular flexibility index (Phi) is 5.28. The van der Waals surface area contributed by atoms with Gasteiger partial charge in [0.05, 0.1) is 23.6 Å². The van der Waals surface area contributed by atoms with Gasteiger partial charge in [0.2, 0.25) is 10.0 Å². The van der Waals surface area contributed by atoms with Crippen molar-refractivity contribution in [3.05, 3.63) is 22.7 Å². The Morgan fingerprint density at radius 3 is 2.61 bits per heavy atom. The molecule has 18 heavy (non-hydrogen) atoms. The first-order valence-corrected chi connectivity index (χ1v) is 7.77. The van der Waals surface area contributed by atoms with E-state index in [0.29, 0.717) is 22.9 Å². The Hall–Kier alpha value is -0.940. The fourth-order valence-electron chi connectivity index (χ4n) is 1.47. The number of sulfonamides is 1. The fraction of sp³-hybridized carbons (Fsp3) is 0.500. The maximum atomic E-state index is 11.8. The number of anilines is 1. The number of hydrogen-bond acceptors (Lipinski definition) is 3. The van der Waals surface area contributed by atoms with E-state index in [4.69, 9.17) is 16.3 Å². The minimum Gasteiger partial charge on any atom is -0.495 e. The van der Waals surface area contributed by atoms with Gasteiger partial charge in [0.25, 0.3) is 0 Å². The van der Waals surface area contributed by atoms with Crippen molar-refractivity contribution in [2.45, 2.75) is 26.7 Å². The second kappa shape index (κ2) is 6.29. The summed E-state index contributed by atoms with van der Waals surface area (Å²) in [6.07, 6.45) is 1.47. The van der Waals surface area contributed by atoms with E-state index in [-0.39, 0.29) is 5.75 Å². The van der Waals surface area contributed by atoms with E-state index in [2.05, 4.69) is 4.72 Å². The lowest BCUT2D eigenvalue weighted by Crippen LogP contribution is -2.17. The van der Waals surface area contributed by atoms with Crippen LogP contribution in [0.4, 0.5) is 5.69 Å². The molecule has 0 atom stereocenters. The molecule has 0 heterocycles. The maximum absolute atomic E-state index is 11.8. The van der Waals surface area contributed by atoms with Gasteiger partial charge in [-0.15, -0.1) is 0 Å². The SMILES string of the molecule is CCCCS(=O)(=O)Nc1cc(Cl)c(OC)cc1C. The first kappa shape index (κ1) is 15.1. The molecule has 1 N–H and O–H groups in total. The first-order valence-electron chi connectivity index (χ1n) is 5.74. The molecule has 1 rings (SSSR count). The average Bonchev–Trinajstić information content (AvgIpc) is 2.30.